The fourth-order valence-electron chi connectivity index (χ4n) is 1.55. The Balaban J connectivity index is 2.38. The van der Waals surface area contributed by atoms with E-state index in [1.165, 1.54) is 0 Å². The van der Waals surface area contributed by atoms with Crippen LogP contribution in [0.3, 0.4) is 0 Å². The maximum Gasteiger partial charge on any atom is 0.261 e. The van der Waals surface area contributed by atoms with Crippen LogP contribution >= 0.6 is 31.9 Å². The van der Waals surface area contributed by atoms with Crippen LogP contribution in [0, 0.1) is 11.6 Å². The first-order valence-electron chi connectivity index (χ1n) is 5.40. The quantitative estimate of drug-likeness (QED) is 0.731. The highest BCUT2D eigenvalue weighted by atomic mass is 79.9. The van der Waals surface area contributed by atoms with Gasteiger partial charge in [0.15, 0.2) is 5.82 Å². The highest BCUT2D eigenvalue weighted by Crippen LogP contribution is 2.27. The van der Waals surface area contributed by atoms with Crippen molar-refractivity contribution in [3.63, 3.8) is 0 Å². The Morgan fingerprint density at radius 3 is 2.55 bits per heavy atom. The number of rotatable bonds is 2. The van der Waals surface area contributed by atoms with E-state index >= 15 is 0 Å². The third-order valence-electron chi connectivity index (χ3n) is 2.52. The van der Waals surface area contributed by atoms with Crippen LogP contribution in [0.5, 0.6) is 0 Å². The van der Waals surface area contributed by atoms with Gasteiger partial charge in [0, 0.05) is 8.95 Å². The maximum atomic E-state index is 13.7. The number of hydrogen-bond donors (Lipinski definition) is 2. The van der Waals surface area contributed by atoms with Crippen molar-refractivity contribution in [2.45, 2.75) is 0 Å². The summed E-state index contributed by atoms with van der Waals surface area (Å²) >= 11 is 6.48. The van der Waals surface area contributed by atoms with Crippen molar-refractivity contribution in [3.8, 4) is 0 Å². The van der Waals surface area contributed by atoms with E-state index in [2.05, 4.69) is 37.2 Å². The summed E-state index contributed by atoms with van der Waals surface area (Å²) in [5.74, 6) is -2.96. The summed E-state index contributed by atoms with van der Waals surface area (Å²) in [4.78, 5) is 12.0. The van der Waals surface area contributed by atoms with Crippen LogP contribution < -0.4 is 11.1 Å². The van der Waals surface area contributed by atoms with E-state index in [4.69, 9.17) is 5.73 Å². The molecule has 20 heavy (non-hydrogen) atoms. The number of halogens is 4. The molecule has 0 radical (unpaired) electrons. The lowest BCUT2D eigenvalue weighted by Crippen LogP contribution is -2.17. The minimum atomic E-state index is -1.08. The lowest BCUT2D eigenvalue weighted by Gasteiger charge is -2.10. The largest absolute Gasteiger partial charge is 0.396 e. The third kappa shape index (κ3) is 2.99. The first kappa shape index (κ1) is 14.9. The number of amides is 1. The Labute approximate surface area is 130 Å². The molecule has 0 spiro atoms. The van der Waals surface area contributed by atoms with Crippen LogP contribution in [-0.4, -0.2) is 5.91 Å². The number of carbonyl (C=O) groups is 1. The molecular weight excluding hydrogens is 398 g/mol. The van der Waals surface area contributed by atoms with Crippen molar-refractivity contribution in [3.05, 3.63) is 56.5 Å². The van der Waals surface area contributed by atoms with Crippen LogP contribution in [-0.2, 0) is 0 Å². The molecule has 3 N–H and O–H groups in total. The molecular formula is C13H8Br2F2N2O. The van der Waals surface area contributed by atoms with Crippen LogP contribution in [0.15, 0.2) is 39.3 Å². The van der Waals surface area contributed by atoms with Gasteiger partial charge in [-0.3, -0.25) is 4.79 Å². The first-order valence-corrected chi connectivity index (χ1v) is 6.98. The zero-order valence-corrected chi connectivity index (χ0v) is 13.1. The molecule has 0 atom stereocenters. The molecule has 2 aromatic carbocycles. The molecule has 2 aromatic rings. The van der Waals surface area contributed by atoms with Crippen LogP contribution in [0.4, 0.5) is 20.2 Å². The molecule has 0 aliphatic carbocycles. The average molecular weight is 406 g/mol. The number of hydrogen-bond acceptors (Lipinski definition) is 2. The molecule has 2 rings (SSSR count). The van der Waals surface area contributed by atoms with Gasteiger partial charge in [-0.25, -0.2) is 8.78 Å². The summed E-state index contributed by atoms with van der Waals surface area (Å²) in [5, 5.41) is 2.42. The highest BCUT2D eigenvalue weighted by Gasteiger charge is 2.20. The molecule has 1 amide bonds. The van der Waals surface area contributed by atoms with Crippen molar-refractivity contribution >= 4 is 49.1 Å². The molecule has 0 heterocycles. The fourth-order valence-corrected chi connectivity index (χ4v) is 2.26. The molecule has 0 aromatic heterocycles. The van der Waals surface area contributed by atoms with Gasteiger partial charge in [0.2, 0.25) is 0 Å². The molecule has 0 aliphatic rings. The van der Waals surface area contributed by atoms with Crippen molar-refractivity contribution in [1.29, 1.82) is 0 Å². The predicted octanol–water partition coefficient (Wildman–Crippen LogP) is 4.32. The topological polar surface area (TPSA) is 55.1 Å². The van der Waals surface area contributed by atoms with Crippen molar-refractivity contribution in [2.24, 2.45) is 0 Å². The summed E-state index contributed by atoms with van der Waals surface area (Å²) in [7, 11) is 0. The zero-order chi connectivity index (χ0) is 14.9. The van der Waals surface area contributed by atoms with Gasteiger partial charge in [0.25, 0.3) is 5.91 Å². The number of nitrogen functional groups attached to an aromatic ring is 1. The molecule has 0 unspecified atom stereocenters. The third-order valence-corrected chi connectivity index (χ3v) is 3.71. The van der Waals surface area contributed by atoms with Crippen molar-refractivity contribution < 1.29 is 13.6 Å². The van der Waals surface area contributed by atoms with Gasteiger partial charge < -0.3 is 11.1 Å². The van der Waals surface area contributed by atoms with Crippen LogP contribution in [0.25, 0.3) is 0 Å². The lowest BCUT2D eigenvalue weighted by molar-refractivity contribution is 0.101. The monoisotopic (exact) mass is 404 g/mol. The minimum absolute atomic E-state index is 0.287. The summed E-state index contributed by atoms with van der Waals surface area (Å²) in [6.45, 7) is 0. The second-order valence-corrected chi connectivity index (χ2v) is 5.67. The second-order valence-electron chi connectivity index (χ2n) is 3.90. The van der Waals surface area contributed by atoms with Gasteiger partial charge in [0.05, 0.1) is 11.4 Å². The van der Waals surface area contributed by atoms with E-state index in [9.17, 15) is 13.6 Å². The van der Waals surface area contributed by atoms with Crippen molar-refractivity contribution in [1.82, 2.24) is 0 Å². The number of nitrogens with one attached hydrogen (secondary N) is 1. The Morgan fingerprint density at radius 2 is 1.85 bits per heavy atom. The minimum Gasteiger partial charge on any atom is -0.396 e. The summed E-state index contributed by atoms with van der Waals surface area (Å²) in [6, 6.07) is 7.05. The maximum absolute atomic E-state index is 13.7. The van der Waals surface area contributed by atoms with Crippen molar-refractivity contribution in [2.75, 3.05) is 11.1 Å². The number of benzene rings is 2. The molecule has 0 bridgehead atoms. The van der Waals surface area contributed by atoms with E-state index in [0.717, 1.165) is 12.1 Å². The van der Waals surface area contributed by atoms with E-state index in [0.29, 0.717) is 14.6 Å². The predicted molar refractivity (Wildman–Crippen MR) is 80.6 cm³/mol. The summed E-state index contributed by atoms with van der Waals surface area (Å²) in [5.41, 5.74) is 4.72. The number of anilines is 2. The molecule has 104 valence electrons. The molecule has 0 fully saturated rings. The van der Waals surface area contributed by atoms with E-state index < -0.39 is 23.1 Å². The standard InChI is InChI=1S/C13H8Br2F2N2O/c14-6-1-2-7(15)10(5-6)19-13(20)11-8(16)3-4-9(18)12(11)17/h1-5H,18H2,(H,19,20). The SMILES string of the molecule is Nc1ccc(F)c(C(=O)Nc2cc(Br)ccc2Br)c1F. The van der Waals surface area contributed by atoms with E-state index in [-0.39, 0.29) is 5.69 Å². The zero-order valence-electron chi connectivity index (χ0n) is 9.88. The van der Waals surface area contributed by atoms with Crippen LogP contribution in [0.1, 0.15) is 10.4 Å². The molecule has 0 saturated carbocycles. The van der Waals surface area contributed by atoms with Gasteiger partial charge in [-0.05, 0) is 46.3 Å². The number of carbonyl (C=O) groups excluding carboxylic acids is 1. The molecule has 0 saturated heterocycles. The average Bonchev–Trinajstić information content (AvgIpc) is 2.39. The van der Waals surface area contributed by atoms with Gasteiger partial charge in [-0.2, -0.15) is 0 Å². The van der Waals surface area contributed by atoms with Gasteiger partial charge >= 0.3 is 0 Å². The molecule has 3 nitrogen and oxygen atoms in total. The Morgan fingerprint density at radius 1 is 1.15 bits per heavy atom. The Kier molecular flexibility index (Phi) is 4.39. The van der Waals surface area contributed by atoms with Gasteiger partial charge in [-0.1, -0.05) is 15.9 Å². The summed E-state index contributed by atoms with van der Waals surface area (Å²) in [6.07, 6.45) is 0. The van der Waals surface area contributed by atoms with Gasteiger partial charge in [0.1, 0.15) is 11.4 Å². The Bertz CT molecular complexity index is 692. The molecule has 0 aliphatic heterocycles. The van der Waals surface area contributed by atoms with E-state index in [1.54, 1.807) is 18.2 Å². The smallest absolute Gasteiger partial charge is 0.261 e. The van der Waals surface area contributed by atoms with Gasteiger partial charge in [-0.15, -0.1) is 0 Å². The Hall–Kier alpha value is -1.47. The number of nitrogens with two attached hydrogens (primary N) is 1. The molecule has 7 heteroatoms. The normalized spacial score (nSPS) is 10.4. The van der Waals surface area contributed by atoms with E-state index in [1.807, 2.05) is 0 Å². The lowest BCUT2D eigenvalue weighted by atomic mass is 10.1. The second kappa shape index (κ2) is 5.88. The van der Waals surface area contributed by atoms with Crippen LogP contribution in [0.2, 0.25) is 0 Å². The fraction of sp³-hybridized carbons (Fsp3) is 0. The summed E-state index contributed by atoms with van der Waals surface area (Å²) < 4.78 is 28.6. The first-order chi connectivity index (χ1) is 9.40. The highest BCUT2D eigenvalue weighted by molar-refractivity contribution is 9.11.